The third-order valence-corrected chi connectivity index (χ3v) is 3.49. The maximum atomic E-state index is 4.51. The highest BCUT2D eigenvalue weighted by Crippen LogP contribution is 2.16. The van der Waals surface area contributed by atoms with Gasteiger partial charge in [-0.1, -0.05) is 0 Å². The van der Waals surface area contributed by atoms with E-state index in [9.17, 15) is 0 Å². The summed E-state index contributed by atoms with van der Waals surface area (Å²) in [6.45, 7) is 10.9. The molecule has 6 heteroatoms. The number of aromatic nitrogens is 1. The molecule has 0 unspecified atom stereocenters. The maximum Gasteiger partial charge on any atom is 0.191 e. The van der Waals surface area contributed by atoms with E-state index in [-0.39, 0.29) is 24.0 Å². The Hall–Kier alpha value is -0.370. The molecule has 0 radical (unpaired) electrons. The van der Waals surface area contributed by atoms with Gasteiger partial charge in [-0.15, -0.1) is 35.3 Å². The topological polar surface area (TPSA) is 49.3 Å². The summed E-state index contributed by atoms with van der Waals surface area (Å²) in [4.78, 5) is 10.3. The SMILES string of the molecule is CCNC(=NCCc1nc(C)c(C)s1)NCC.I. The lowest BCUT2D eigenvalue weighted by Gasteiger charge is -2.08. The lowest BCUT2D eigenvalue weighted by atomic mass is 10.4. The Kier molecular flexibility index (Phi) is 9.35. The van der Waals surface area contributed by atoms with Crippen molar-refractivity contribution in [2.75, 3.05) is 19.6 Å². The third kappa shape index (κ3) is 5.99. The minimum absolute atomic E-state index is 0. The van der Waals surface area contributed by atoms with Gasteiger partial charge in [-0.2, -0.15) is 0 Å². The summed E-state index contributed by atoms with van der Waals surface area (Å²) in [5, 5.41) is 7.59. The van der Waals surface area contributed by atoms with Gasteiger partial charge in [-0.3, -0.25) is 4.99 Å². The molecule has 2 N–H and O–H groups in total. The van der Waals surface area contributed by atoms with Crippen LogP contribution in [0.3, 0.4) is 0 Å². The molecule has 0 atom stereocenters. The van der Waals surface area contributed by atoms with Crippen LogP contribution in [0, 0.1) is 13.8 Å². The predicted octanol–water partition coefficient (Wildman–Crippen LogP) is 2.50. The van der Waals surface area contributed by atoms with Crippen LogP contribution >= 0.6 is 35.3 Å². The number of guanidine groups is 1. The summed E-state index contributed by atoms with van der Waals surface area (Å²) in [6.07, 6.45) is 0.916. The molecule has 0 aliphatic heterocycles. The van der Waals surface area contributed by atoms with Gasteiger partial charge >= 0.3 is 0 Å². The Morgan fingerprint density at radius 1 is 1.22 bits per heavy atom. The van der Waals surface area contributed by atoms with E-state index >= 15 is 0 Å². The lowest BCUT2D eigenvalue weighted by Crippen LogP contribution is -2.37. The number of rotatable bonds is 5. The second kappa shape index (κ2) is 9.55. The molecule has 104 valence electrons. The smallest absolute Gasteiger partial charge is 0.191 e. The summed E-state index contributed by atoms with van der Waals surface area (Å²) in [7, 11) is 0. The van der Waals surface area contributed by atoms with Gasteiger partial charge in [0.25, 0.3) is 0 Å². The molecule has 0 saturated carbocycles. The molecule has 0 spiro atoms. The fourth-order valence-corrected chi connectivity index (χ4v) is 2.34. The summed E-state index contributed by atoms with van der Waals surface area (Å²) in [5.74, 6) is 0.889. The van der Waals surface area contributed by atoms with E-state index in [4.69, 9.17) is 0 Å². The highest BCUT2D eigenvalue weighted by molar-refractivity contribution is 14.0. The number of hydrogen-bond donors (Lipinski definition) is 2. The summed E-state index contributed by atoms with van der Waals surface area (Å²) >= 11 is 1.77. The van der Waals surface area contributed by atoms with Crippen molar-refractivity contribution < 1.29 is 0 Å². The van der Waals surface area contributed by atoms with Crippen molar-refractivity contribution in [1.29, 1.82) is 0 Å². The van der Waals surface area contributed by atoms with Crippen molar-refractivity contribution >= 4 is 41.3 Å². The molecule has 0 aliphatic carbocycles. The Morgan fingerprint density at radius 3 is 2.28 bits per heavy atom. The van der Waals surface area contributed by atoms with Gasteiger partial charge < -0.3 is 10.6 Å². The van der Waals surface area contributed by atoms with E-state index in [0.29, 0.717) is 0 Å². The quantitative estimate of drug-likeness (QED) is 0.468. The average Bonchev–Trinajstić information content (AvgIpc) is 2.59. The molecular weight excluding hydrogens is 359 g/mol. The molecular formula is C12H23IN4S. The lowest BCUT2D eigenvalue weighted by molar-refractivity contribution is 0.831. The molecule has 0 bridgehead atoms. The van der Waals surface area contributed by atoms with Crippen molar-refractivity contribution in [3.63, 3.8) is 0 Å². The predicted molar refractivity (Wildman–Crippen MR) is 90.4 cm³/mol. The third-order valence-electron chi connectivity index (χ3n) is 2.36. The number of nitrogens with zero attached hydrogens (tertiary/aromatic N) is 2. The minimum atomic E-state index is 0. The summed E-state index contributed by atoms with van der Waals surface area (Å²) < 4.78 is 0. The van der Waals surface area contributed by atoms with E-state index in [1.165, 1.54) is 9.88 Å². The Morgan fingerprint density at radius 2 is 1.83 bits per heavy atom. The van der Waals surface area contributed by atoms with Crippen LogP contribution in [-0.2, 0) is 6.42 Å². The van der Waals surface area contributed by atoms with Crippen LogP contribution in [-0.4, -0.2) is 30.6 Å². The van der Waals surface area contributed by atoms with Crippen LogP contribution in [0.5, 0.6) is 0 Å². The zero-order valence-corrected chi connectivity index (χ0v) is 14.7. The Labute approximate surface area is 131 Å². The number of thiazole rings is 1. The molecule has 1 rings (SSSR count). The highest BCUT2D eigenvalue weighted by Gasteiger charge is 2.03. The van der Waals surface area contributed by atoms with E-state index in [1.54, 1.807) is 11.3 Å². The summed E-state index contributed by atoms with van der Waals surface area (Å²) in [6, 6.07) is 0. The number of halogens is 1. The average molecular weight is 382 g/mol. The molecule has 0 saturated heterocycles. The highest BCUT2D eigenvalue weighted by atomic mass is 127. The molecule has 0 amide bonds. The zero-order chi connectivity index (χ0) is 12.7. The molecule has 0 fully saturated rings. The van der Waals surface area contributed by atoms with Crippen molar-refractivity contribution in [2.24, 2.45) is 4.99 Å². The fraction of sp³-hybridized carbons (Fsp3) is 0.667. The standard InChI is InChI=1S/C12H22N4S.HI/c1-5-13-12(14-6-2)15-8-7-11-16-9(3)10(4)17-11;/h5-8H2,1-4H3,(H2,13,14,15);1H. The van der Waals surface area contributed by atoms with Gasteiger partial charge in [-0.25, -0.2) is 4.98 Å². The minimum Gasteiger partial charge on any atom is -0.357 e. The Bertz CT molecular complexity index is 349. The number of aliphatic imine (C=N–C) groups is 1. The van der Waals surface area contributed by atoms with Crippen LogP contribution in [0.15, 0.2) is 4.99 Å². The number of aryl methyl sites for hydroxylation is 2. The summed E-state index contributed by atoms with van der Waals surface area (Å²) in [5.41, 5.74) is 1.15. The zero-order valence-electron chi connectivity index (χ0n) is 11.5. The fourth-order valence-electron chi connectivity index (χ4n) is 1.42. The molecule has 0 aliphatic rings. The monoisotopic (exact) mass is 382 g/mol. The van der Waals surface area contributed by atoms with E-state index in [0.717, 1.165) is 37.7 Å². The van der Waals surface area contributed by atoms with Gasteiger partial charge in [-0.05, 0) is 27.7 Å². The first kappa shape index (κ1) is 17.6. The van der Waals surface area contributed by atoms with Crippen molar-refractivity contribution in [3.8, 4) is 0 Å². The second-order valence-electron chi connectivity index (χ2n) is 3.79. The first-order chi connectivity index (χ1) is 8.17. The van der Waals surface area contributed by atoms with Gasteiger partial charge in [0.05, 0.1) is 10.7 Å². The van der Waals surface area contributed by atoms with Crippen molar-refractivity contribution in [2.45, 2.75) is 34.1 Å². The molecule has 4 nitrogen and oxygen atoms in total. The van der Waals surface area contributed by atoms with Crippen molar-refractivity contribution in [1.82, 2.24) is 15.6 Å². The van der Waals surface area contributed by atoms with Gasteiger partial charge in [0.15, 0.2) is 5.96 Å². The molecule has 1 aromatic heterocycles. The largest absolute Gasteiger partial charge is 0.357 e. The van der Waals surface area contributed by atoms with Crippen LogP contribution in [0.4, 0.5) is 0 Å². The van der Waals surface area contributed by atoms with E-state index < -0.39 is 0 Å². The molecule has 18 heavy (non-hydrogen) atoms. The van der Waals surface area contributed by atoms with E-state index in [1.807, 2.05) is 0 Å². The van der Waals surface area contributed by atoms with Gasteiger partial charge in [0.2, 0.25) is 0 Å². The second-order valence-corrected chi connectivity index (χ2v) is 5.08. The van der Waals surface area contributed by atoms with Crippen LogP contribution < -0.4 is 10.6 Å². The first-order valence-electron chi connectivity index (χ1n) is 6.12. The van der Waals surface area contributed by atoms with Gasteiger partial charge in [0.1, 0.15) is 0 Å². The Balaban J connectivity index is 0.00000289. The van der Waals surface area contributed by atoms with Crippen LogP contribution in [0.1, 0.15) is 29.4 Å². The number of nitrogens with one attached hydrogen (secondary N) is 2. The molecule has 1 heterocycles. The maximum absolute atomic E-state index is 4.51. The first-order valence-corrected chi connectivity index (χ1v) is 6.94. The van der Waals surface area contributed by atoms with Crippen molar-refractivity contribution in [3.05, 3.63) is 15.6 Å². The molecule has 1 aromatic rings. The molecule has 0 aromatic carbocycles. The van der Waals surface area contributed by atoms with Crippen LogP contribution in [0.25, 0.3) is 0 Å². The van der Waals surface area contributed by atoms with E-state index in [2.05, 4.69) is 48.3 Å². The van der Waals surface area contributed by atoms with Gasteiger partial charge in [0, 0.05) is 30.9 Å². The normalized spacial score (nSPS) is 9.56. The van der Waals surface area contributed by atoms with Crippen LogP contribution in [0.2, 0.25) is 0 Å². The number of hydrogen-bond acceptors (Lipinski definition) is 3.